The van der Waals surface area contributed by atoms with Crippen LogP contribution in [0.1, 0.15) is 17.5 Å². The Morgan fingerprint density at radius 1 is 1.26 bits per heavy atom. The standard InChI is InChI=1S/C22H19N5O3S/c1-30-18-9-5-2-6-14(18)13-24-19(28)12-17-21(29)27-20(25-17)15-7-3-4-8-16(15)26-22(27)31-11-10-23/h2-9,17H,11-13H2,1H3,(H,24,28). The van der Waals surface area contributed by atoms with E-state index in [2.05, 4.69) is 15.3 Å². The van der Waals surface area contributed by atoms with Crippen molar-refractivity contribution in [3.63, 3.8) is 0 Å². The third kappa shape index (κ3) is 4.15. The molecule has 1 atom stereocenters. The fourth-order valence-electron chi connectivity index (χ4n) is 3.42. The van der Waals surface area contributed by atoms with Gasteiger partial charge in [-0.2, -0.15) is 5.26 Å². The molecular weight excluding hydrogens is 414 g/mol. The Bertz CT molecular complexity index is 1140. The van der Waals surface area contributed by atoms with Crippen LogP contribution < -0.4 is 10.1 Å². The molecule has 2 heterocycles. The molecule has 2 aromatic rings. The van der Waals surface area contributed by atoms with E-state index in [1.54, 1.807) is 7.11 Å². The largest absolute Gasteiger partial charge is 0.496 e. The van der Waals surface area contributed by atoms with Crippen molar-refractivity contribution in [3.05, 3.63) is 59.7 Å². The van der Waals surface area contributed by atoms with Crippen LogP contribution in [0.15, 0.2) is 58.5 Å². The Hall–Kier alpha value is -3.64. The van der Waals surface area contributed by atoms with Crippen LogP contribution in [0, 0.1) is 11.3 Å². The van der Waals surface area contributed by atoms with Gasteiger partial charge in [0, 0.05) is 17.7 Å². The highest BCUT2D eigenvalue weighted by molar-refractivity contribution is 8.14. The molecule has 9 heteroatoms. The summed E-state index contributed by atoms with van der Waals surface area (Å²) in [6.45, 7) is 0.289. The molecule has 1 unspecified atom stereocenters. The molecule has 0 radical (unpaired) electrons. The van der Waals surface area contributed by atoms with Crippen molar-refractivity contribution in [1.29, 1.82) is 5.26 Å². The molecular formula is C22H19N5O3S. The molecule has 8 nitrogen and oxygen atoms in total. The number of para-hydroxylation sites is 2. The van der Waals surface area contributed by atoms with Gasteiger partial charge in [-0.3, -0.25) is 14.6 Å². The van der Waals surface area contributed by atoms with Crippen LogP contribution in [0.4, 0.5) is 5.69 Å². The quantitative estimate of drug-likeness (QED) is 0.754. The minimum atomic E-state index is -0.841. The van der Waals surface area contributed by atoms with Crippen LogP contribution in [0.25, 0.3) is 0 Å². The van der Waals surface area contributed by atoms with Gasteiger partial charge in [0.1, 0.15) is 17.6 Å². The predicted molar refractivity (Wildman–Crippen MR) is 118 cm³/mol. The smallest absolute Gasteiger partial charge is 0.259 e. The number of nitrogens with zero attached hydrogens (tertiary/aromatic N) is 4. The lowest BCUT2D eigenvalue weighted by atomic mass is 10.1. The fourth-order valence-corrected chi connectivity index (χ4v) is 4.08. The summed E-state index contributed by atoms with van der Waals surface area (Å²) in [6, 6.07) is 16.0. The molecule has 0 aliphatic carbocycles. The average Bonchev–Trinajstić information content (AvgIpc) is 3.12. The number of ether oxygens (including phenoxy) is 1. The maximum absolute atomic E-state index is 13.1. The molecule has 0 saturated carbocycles. The normalized spacial score (nSPS) is 16.6. The Balaban J connectivity index is 1.50. The van der Waals surface area contributed by atoms with E-state index < -0.39 is 6.04 Å². The zero-order valence-corrected chi connectivity index (χ0v) is 17.6. The summed E-state index contributed by atoms with van der Waals surface area (Å²) < 4.78 is 5.30. The van der Waals surface area contributed by atoms with E-state index in [0.29, 0.717) is 22.4 Å². The van der Waals surface area contributed by atoms with E-state index in [4.69, 9.17) is 10.00 Å². The molecule has 0 bridgehead atoms. The van der Waals surface area contributed by atoms with Crippen LogP contribution in [-0.4, -0.2) is 46.6 Å². The number of nitrogens with one attached hydrogen (secondary N) is 1. The number of aliphatic imine (C=N–C) groups is 2. The number of amides is 2. The van der Waals surface area contributed by atoms with Crippen LogP contribution in [0.3, 0.4) is 0 Å². The van der Waals surface area contributed by atoms with Crippen LogP contribution in [0.5, 0.6) is 5.75 Å². The van der Waals surface area contributed by atoms with Gasteiger partial charge in [0.05, 0.1) is 31.0 Å². The number of nitriles is 1. The summed E-state index contributed by atoms with van der Waals surface area (Å²) in [5.41, 5.74) is 2.26. The molecule has 0 saturated heterocycles. The van der Waals surface area contributed by atoms with E-state index in [1.807, 2.05) is 54.6 Å². The summed E-state index contributed by atoms with van der Waals surface area (Å²) in [4.78, 5) is 36.1. The van der Waals surface area contributed by atoms with E-state index in [-0.39, 0.29) is 30.5 Å². The monoisotopic (exact) mass is 433 g/mol. The number of thioether (sulfide) groups is 1. The molecule has 2 aromatic carbocycles. The summed E-state index contributed by atoms with van der Waals surface area (Å²) in [5, 5.41) is 12.2. The van der Waals surface area contributed by atoms with Crippen molar-refractivity contribution in [2.24, 2.45) is 9.98 Å². The fraction of sp³-hybridized carbons (Fsp3) is 0.227. The second kappa shape index (κ2) is 9.02. The summed E-state index contributed by atoms with van der Waals surface area (Å²) >= 11 is 1.17. The number of hydrogen-bond donors (Lipinski definition) is 1. The number of carbonyl (C=O) groups is 2. The molecule has 0 aromatic heterocycles. The minimum Gasteiger partial charge on any atom is -0.496 e. The molecule has 156 valence electrons. The third-order valence-corrected chi connectivity index (χ3v) is 5.67. The second-order valence-corrected chi connectivity index (χ2v) is 7.74. The van der Waals surface area contributed by atoms with E-state index >= 15 is 0 Å². The van der Waals surface area contributed by atoms with Gasteiger partial charge in [-0.25, -0.2) is 9.89 Å². The van der Waals surface area contributed by atoms with E-state index in [0.717, 1.165) is 11.1 Å². The highest BCUT2D eigenvalue weighted by atomic mass is 32.2. The van der Waals surface area contributed by atoms with Crippen molar-refractivity contribution < 1.29 is 14.3 Å². The third-order valence-electron chi connectivity index (χ3n) is 4.86. The Kier molecular flexibility index (Phi) is 6.00. The van der Waals surface area contributed by atoms with Gasteiger partial charge in [0.25, 0.3) is 5.91 Å². The maximum atomic E-state index is 13.1. The van der Waals surface area contributed by atoms with Gasteiger partial charge in [0.2, 0.25) is 5.91 Å². The first-order valence-electron chi connectivity index (χ1n) is 9.60. The Morgan fingerprint density at radius 2 is 2.03 bits per heavy atom. The summed E-state index contributed by atoms with van der Waals surface area (Å²) in [5.74, 6) is 0.705. The predicted octanol–water partition coefficient (Wildman–Crippen LogP) is 2.62. The first-order valence-corrected chi connectivity index (χ1v) is 10.6. The van der Waals surface area contributed by atoms with Gasteiger partial charge in [-0.15, -0.1) is 0 Å². The number of methoxy groups -OCH3 is 1. The lowest BCUT2D eigenvalue weighted by Crippen LogP contribution is -2.42. The lowest BCUT2D eigenvalue weighted by molar-refractivity contribution is -0.128. The molecule has 1 N–H and O–H groups in total. The first-order chi connectivity index (χ1) is 15.1. The van der Waals surface area contributed by atoms with Crippen molar-refractivity contribution >= 4 is 40.3 Å². The highest BCUT2D eigenvalue weighted by Gasteiger charge is 2.42. The van der Waals surface area contributed by atoms with Crippen molar-refractivity contribution in [2.75, 3.05) is 12.9 Å². The van der Waals surface area contributed by atoms with Crippen molar-refractivity contribution in [3.8, 4) is 11.8 Å². The van der Waals surface area contributed by atoms with E-state index in [9.17, 15) is 9.59 Å². The van der Waals surface area contributed by atoms with Gasteiger partial charge in [-0.05, 0) is 18.2 Å². The number of rotatable bonds is 6. The van der Waals surface area contributed by atoms with Gasteiger partial charge >= 0.3 is 0 Å². The zero-order valence-electron chi connectivity index (χ0n) is 16.7. The number of carbonyl (C=O) groups excluding carboxylic acids is 2. The van der Waals surface area contributed by atoms with Crippen LogP contribution >= 0.6 is 11.8 Å². The van der Waals surface area contributed by atoms with Gasteiger partial charge in [0.15, 0.2) is 5.17 Å². The zero-order chi connectivity index (χ0) is 21.8. The lowest BCUT2D eigenvalue weighted by Gasteiger charge is -2.25. The summed E-state index contributed by atoms with van der Waals surface area (Å²) in [7, 11) is 1.57. The van der Waals surface area contributed by atoms with Crippen molar-refractivity contribution in [2.45, 2.75) is 19.0 Å². The average molecular weight is 433 g/mol. The molecule has 0 spiro atoms. The molecule has 2 aliphatic rings. The number of amidine groups is 2. The Morgan fingerprint density at radius 3 is 2.84 bits per heavy atom. The highest BCUT2D eigenvalue weighted by Crippen LogP contribution is 2.33. The number of hydrogen-bond acceptors (Lipinski definition) is 7. The topological polar surface area (TPSA) is 107 Å². The molecule has 0 fully saturated rings. The number of fused-ring (bicyclic) bond motifs is 3. The molecule has 31 heavy (non-hydrogen) atoms. The van der Waals surface area contributed by atoms with Crippen LogP contribution in [-0.2, 0) is 16.1 Å². The van der Waals surface area contributed by atoms with Crippen LogP contribution in [0.2, 0.25) is 0 Å². The number of benzene rings is 2. The van der Waals surface area contributed by atoms with Crippen molar-refractivity contribution in [1.82, 2.24) is 10.2 Å². The molecule has 2 aliphatic heterocycles. The van der Waals surface area contributed by atoms with E-state index in [1.165, 1.54) is 16.7 Å². The summed E-state index contributed by atoms with van der Waals surface area (Å²) in [6.07, 6.45) is -0.0770. The molecule has 4 rings (SSSR count). The SMILES string of the molecule is COc1ccccc1CNC(=O)CC1N=C2c3ccccc3N=C(SCC#N)N2C1=O. The minimum absolute atomic E-state index is 0.0770. The maximum Gasteiger partial charge on any atom is 0.259 e. The van der Waals surface area contributed by atoms with Gasteiger partial charge < -0.3 is 10.1 Å². The Labute approximate surface area is 183 Å². The second-order valence-electron chi connectivity index (χ2n) is 6.79. The van der Waals surface area contributed by atoms with Gasteiger partial charge in [-0.1, -0.05) is 42.1 Å². The molecule has 2 amide bonds. The first kappa shape index (κ1) is 20.6.